The van der Waals surface area contributed by atoms with E-state index in [0.29, 0.717) is 28.3 Å². The third-order valence-corrected chi connectivity index (χ3v) is 4.54. The summed E-state index contributed by atoms with van der Waals surface area (Å²) in [5, 5.41) is 2.80. The van der Waals surface area contributed by atoms with Gasteiger partial charge in [0.25, 0.3) is 11.8 Å². The van der Waals surface area contributed by atoms with Gasteiger partial charge in [0.1, 0.15) is 11.5 Å². The fourth-order valence-corrected chi connectivity index (χ4v) is 2.90. The first-order chi connectivity index (χ1) is 13.9. The van der Waals surface area contributed by atoms with Gasteiger partial charge < -0.3 is 14.8 Å². The molecule has 1 aromatic heterocycles. The molecule has 29 heavy (non-hydrogen) atoms. The van der Waals surface area contributed by atoms with E-state index in [1.165, 1.54) is 7.11 Å². The van der Waals surface area contributed by atoms with Gasteiger partial charge in [-0.3, -0.25) is 19.7 Å². The number of methoxy groups -OCH3 is 2. The third-order valence-electron chi connectivity index (χ3n) is 4.54. The Morgan fingerprint density at radius 3 is 2.07 bits per heavy atom. The second kappa shape index (κ2) is 8.52. The summed E-state index contributed by atoms with van der Waals surface area (Å²) in [6.45, 7) is 3.83. The van der Waals surface area contributed by atoms with E-state index in [0.717, 1.165) is 11.4 Å². The van der Waals surface area contributed by atoms with Crippen molar-refractivity contribution >= 4 is 17.5 Å². The van der Waals surface area contributed by atoms with Crippen LogP contribution in [0.5, 0.6) is 11.5 Å². The molecule has 0 aliphatic heterocycles. The van der Waals surface area contributed by atoms with Crippen LogP contribution in [-0.4, -0.2) is 30.7 Å². The smallest absolute Gasteiger partial charge is 0.270 e. The highest BCUT2D eigenvalue weighted by atomic mass is 16.5. The molecule has 2 amide bonds. The standard InChI is InChI=1S/C22H23N3O4/c1-14-5-6-15(2)25(14)24-21(26)16-7-9-17(10-8-16)23-22(27)19-12-11-18(28-3)13-20(19)29-4/h5-13H,1-4H3,(H,23,27)(H,24,26). The molecule has 0 fully saturated rings. The van der Waals surface area contributed by atoms with E-state index in [-0.39, 0.29) is 11.8 Å². The number of aryl methyl sites for hydroxylation is 2. The molecule has 0 spiro atoms. The molecule has 0 aliphatic rings. The first-order valence-electron chi connectivity index (χ1n) is 9.02. The van der Waals surface area contributed by atoms with Gasteiger partial charge in [-0.05, 0) is 62.4 Å². The van der Waals surface area contributed by atoms with Crippen LogP contribution in [0.2, 0.25) is 0 Å². The molecular formula is C22H23N3O4. The lowest BCUT2D eigenvalue weighted by Crippen LogP contribution is -2.24. The van der Waals surface area contributed by atoms with Gasteiger partial charge in [0.2, 0.25) is 0 Å². The van der Waals surface area contributed by atoms with Crippen molar-refractivity contribution in [3.05, 3.63) is 77.1 Å². The van der Waals surface area contributed by atoms with E-state index >= 15 is 0 Å². The van der Waals surface area contributed by atoms with Gasteiger partial charge in [0.05, 0.1) is 19.8 Å². The molecule has 2 aromatic carbocycles. The second-order valence-electron chi connectivity index (χ2n) is 6.49. The molecule has 3 aromatic rings. The van der Waals surface area contributed by atoms with E-state index in [4.69, 9.17) is 9.47 Å². The minimum absolute atomic E-state index is 0.234. The number of nitrogens with one attached hydrogen (secondary N) is 2. The monoisotopic (exact) mass is 393 g/mol. The summed E-state index contributed by atoms with van der Waals surface area (Å²) < 4.78 is 12.1. The minimum Gasteiger partial charge on any atom is -0.497 e. The van der Waals surface area contributed by atoms with Crippen LogP contribution in [0.4, 0.5) is 5.69 Å². The van der Waals surface area contributed by atoms with Crippen LogP contribution in [0.3, 0.4) is 0 Å². The highest BCUT2D eigenvalue weighted by molar-refractivity contribution is 6.06. The Labute approximate surface area is 169 Å². The number of carbonyl (C=O) groups excluding carboxylic acids is 2. The van der Waals surface area contributed by atoms with Crippen LogP contribution < -0.4 is 20.2 Å². The number of nitrogens with zero attached hydrogens (tertiary/aromatic N) is 1. The summed E-state index contributed by atoms with van der Waals surface area (Å²) in [5.41, 5.74) is 6.16. The van der Waals surface area contributed by atoms with Crippen LogP contribution in [-0.2, 0) is 0 Å². The molecule has 0 unspecified atom stereocenters. The first kappa shape index (κ1) is 20.0. The van der Waals surface area contributed by atoms with E-state index in [1.807, 2.05) is 26.0 Å². The van der Waals surface area contributed by atoms with Gasteiger partial charge in [-0.1, -0.05) is 0 Å². The Bertz CT molecular complexity index is 1020. The normalized spacial score (nSPS) is 10.3. The summed E-state index contributed by atoms with van der Waals surface area (Å²) in [6.07, 6.45) is 0. The predicted molar refractivity (Wildman–Crippen MR) is 112 cm³/mol. The Hall–Kier alpha value is -3.74. The molecule has 3 rings (SSSR count). The number of aromatic nitrogens is 1. The van der Waals surface area contributed by atoms with E-state index < -0.39 is 0 Å². The number of rotatable bonds is 6. The maximum atomic E-state index is 12.6. The molecule has 0 radical (unpaired) electrons. The molecule has 0 saturated carbocycles. The van der Waals surface area contributed by atoms with Crippen LogP contribution >= 0.6 is 0 Å². The molecule has 150 valence electrons. The van der Waals surface area contributed by atoms with Gasteiger partial charge in [-0.15, -0.1) is 0 Å². The zero-order valence-electron chi connectivity index (χ0n) is 16.8. The van der Waals surface area contributed by atoms with Gasteiger partial charge in [-0.2, -0.15) is 0 Å². The predicted octanol–water partition coefficient (Wildman–Crippen LogP) is 3.76. The number of amides is 2. The maximum absolute atomic E-state index is 12.6. The quantitative estimate of drug-likeness (QED) is 0.668. The maximum Gasteiger partial charge on any atom is 0.270 e. The van der Waals surface area contributed by atoms with Crippen molar-refractivity contribution in [2.45, 2.75) is 13.8 Å². The second-order valence-corrected chi connectivity index (χ2v) is 6.49. The highest BCUT2D eigenvalue weighted by Crippen LogP contribution is 2.25. The van der Waals surface area contributed by atoms with Gasteiger partial charge in [-0.25, -0.2) is 0 Å². The van der Waals surface area contributed by atoms with Crippen molar-refractivity contribution in [1.29, 1.82) is 0 Å². The zero-order valence-corrected chi connectivity index (χ0v) is 16.8. The molecule has 0 bridgehead atoms. The molecule has 7 nitrogen and oxygen atoms in total. The molecular weight excluding hydrogens is 370 g/mol. The lowest BCUT2D eigenvalue weighted by molar-refractivity contribution is 0.100. The van der Waals surface area contributed by atoms with E-state index in [1.54, 1.807) is 54.3 Å². The SMILES string of the molecule is COc1ccc(C(=O)Nc2ccc(C(=O)Nn3c(C)ccc3C)cc2)c(OC)c1. The lowest BCUT2D eigenvalue weighted by Gasteiger charge is -2.12. The first-order valence-corrected chi connectivity index (χ1v) is 9.02. The topological polar surface area (TPSA) is 81.6 Å². The zero-order chi connectivity index (χ0) is 21.0. The van der Waals surface area contributed by atoms with Crippen LogP contribution in [0.1, 0.15) is 32.1 Å². The number of ether oxygens (including phenoxy) is 2. The molecule has 0 aliphatic carbocycles. The Balaban J connectivity index is 1.70. The Morgan fingerprint density at radius 1 is 0.828 bits per heavy atom. The van der Waals surface area contributed by atoms with Crippen molar-refractivity contribution in [3.63, 3.8) is 0 Å². The lowest BCUT2D eigenvalue weighted by atomic mass is 10.1. The Morgan fingerprint density at radius 2 is 1.48 bits per heavy atom. The summed E-state index contributed by atoms with van der Waals surface area (Å²) in [6, 6.07) is 15.5. The summed E-state index contributed by atoms with van der Waals surface area (Å²) in [7, 11) is 3.04. The van der Waals surface area contributed by atoms with Crippen molar-refractivity contribution in [3.8, 4) is 11.5 Å². The molecule has 0 saturated heterocycles. The van der Waals surface area contributed by atoms with E-state index in [2.05, 4.69) is 10.7 Å². The summed E-state index contributed by atoms with van der Waals surface area (Å²) in [4.78, 5) is 25.1. The van der Waals surface area contributed by atoms with Crippen LogP contribution in [0.15, 0.2) is 54.6 Å². The van der Waals surface area contributed by atoms with Crippen molar-refractivity contribution in [2.75, 3.05) is 25.0 Å². The van der Waals surface area contributed by atoms with Crippen molar-refractivity contribution in [2.24, 2.45) is 0 Å². The number of benzene rings is 2. The van der Waals surface area contributed by atoms with Crippen LogP contribution in [0, 0.1) is 13.8 Å². The van der Waals surface area contributed by atoms with Crippen molar-refractivity contribution < 1.29 is 19.1 Å². The van der Waals surface area contributed by atoms with Crippen LogP contribution in [0.25, 0.3) is 0 Å². The number of hydrogen-bond acceptors (Lipinski definition) is 4. The van der Waals surface area contributed by atoms with Gasteiger partial charge in [0.15, 0.2) is 0 Å². The molecule has 2 N–H and O–H groups in total. The van der Waals surface area contributed by atoms with E-state index in [9.17, 15) is 9.59 Å². The fourth-order valence-electron chi connectivity index (χ4n) is 2.90. The van der Waals surface area contributed by atoms with Gasteiger partial charge >= 0.3 is 0 Å². The number of anilines is 1. The Kier molecular flexibility index (Phi) is 5.87. The molecule has 7 heteroatoms. The average Bonchev–Trinajstić information content (AvgIpc) is 3.05. The fraction of sp³-hybridized carbons (Fsp3) is 0.182. The van der Waals surface area contributed by atoms with Crippen molar-refractivity contribution in [1.82, 2.24) is 4.68 Å². The number of carbonyl (C=O) groups is 2. The molecule has 1 heterocycles. The third kappa shape index (κ3) is 4.40. The molecule has 0 atom stereocenters. The summed E-state index contributed by atoms with van der Waals surface area (Å²) >= 11 is 0. The minimum atomic E-state index is -0.319. The van der Waals surface area contributed by atoms with Gasteiger partial charge in [0, 0.05) is 28.7 Å². The average molecular weight is 393 g/mol. The number of hydrogen-bond donors (Lipinski definition) is 2. The summed E-state index contributed by atoms with van der Waals surface area (Å²) in [5.74, 6) is 0.458. The largest absolute Gasteiger partial charge is 0.497 e. The highest BCUT2D eigenvalue weighted by Gasteiger charge is 2.14.